The van der Waals surface area contributed by atoms with Gasteiger partial charge in [-0.2, -0.15) is 0 Å². The van der Waals surface area contributed by atoms with E-state index in [1.165, 1.54) is 0 Å². The fraction of sp³-hybridized carbons (Fsp3) is 1.00. The minimum atomic E-state index is -1.98. The maximum absolute atomic E-state index is 11.1. The van der Waals surface area contributed by atoms with E-state index >= 15 is 0 Å². The molecule has 6 N–H and O–H groups in total. The molecule has 3 unspecified atom stereocenters. The highest BCUT2D eigenvalue weighted by Crippen LogP contribution is 2.47. The first-order valence-electron chi connectivity index (χ1n) is 8.30. The zero-order chi connectivity index (χ0) is 17.0. The van der Waals surface area contributed by atoms with E-state index in [0.717, 1.165) is 0 Å². The molecule has 0 radical (unpaired) electrons. The minimum Gasteiger partial charge on any atom is -0.390 e. The summed E-state index contributed by atoms with van der Waals surface area (Å²) < 4.78 is 17.6. The molecule has 8 nitrogen and oxygen atoms in total. The van der Waals surface area contributed by atoms with Crippen molar-refractivity contribution in [2.45, 2.75) is 87.3 Å². The molecular formula is C15H28N2O6. The summed E-state index contributed by atoms with van der Waals surface area (Å²) in [5, 5.41) is 35.3. The topological polar surface area (TPSA) is 126 Å². The number of aliphatic hydroxyl groups excluding tert-OH is 1. The van der Waals surface area contributed by atoms with Crippen LogP contribution < -0.4 is 11.1 Å². The summed E-state index contributed by atoms with van der Waals surface area (Å²) in [6.07, 6.45) is -2.33. The van der Waals surface area contributed by atoms with Crippen LogP contribution in [-0.2, 0) is 14.2 Å². The molecule has 134 valence electrons. The lowest BCUT2D eigenvalue weighted by atomic mass is 9.78. The molecule has 0 aromatic heterocycles. The third kappa shape index (κ3) is 2.52. The molecule has 8 heteroatoms. The lowest BCUT2D eigenvalue weighted by molar-refractivity contribution is -0.478. The molecule has 1 saturated carbocycles. The van der Waals surface area contributed by atoms with Crippen LogP contribution in [-0.4, -0.2) is 76.5 Å². The fourth-order valence-electron chi connectivity index (χ4n) is 4.10. The summed E-state index contributed by atoms with van der Waals surface area (Å²) in [6.45, 7) is 3.60. The van der Waals surface area contributed by atoms with Gasteiger partial charge in [-0.1, -0.05) is 6.92 Å². The van der Waals surface area contributed by atoms with Crippen molar-refractivity contribution in [3.05, 3.63) is 0 Å². The van der Waals surface area contributed by atoms with Crippen LogP contribution in [0, 0.1) is 0 Å². The summed E-state index contributed by atoms with van der Waals surface area (Å²) in [7, 11) is 1.69. The van der Waals surface area contributed by atoms with E-state index in [1.54, 1.807) is 14.0 Å². The van der Waals surface area contributed by atoms with Gasteiger partial charge < -0.3 is 40.6 Å². The van der Waals surface area contributed by atoms with E-state index in [0.29, 0.717) is 12.8 Å². The van der Waals surface area contributed by atoms with Crippen molar-refractivity contribution in [2.75, 3.05) is 7.05 Å². The summed E-state index contributed by atoms with van der Waals surface area (Å²) in [4.78, 5) is 0. The number of nitrogens with two attached hydrogens (primary N) is 1. The first-order valence-corrected chi connectivity index (χ1v) is 8.30. The average Bonchev–Trinajstić information content (AvgIpc) is 2.49. The molecule has 1 aliphatic carbocycles. The molecule has 3 rings (SSSR count). The largest absolute Gasteiger partial charge is 0.390 e. The van der Waals surface area contributed by atoms with Gasteiger partial charge in [0.05, 0.1) is 24.4 Å². The van der Waals surface area contributed by atoms with Crippen LogP contribution in [0.5, 0.6) is 0 Å². The molecule has 0 bridgehead atoms. The summed E-state index contributed by atoms with van der Waals surface area (Å²) in [5.74, 6) is -1.98. The molecule has 0 amide bonds. The van der Waals surface area contributed by atoms with Gasteiger partial charge in [0, 0.05) is 12.5 Å². The number of hydrogen-bond acceptors (Lipinski definition) is 8. The van der Waals surface area contributed by atoms with E-state index in [-0.39, 0.29) is 12.5 Å². The second-order valence-electron chi connectivity index (χ2n) is 7.03. The smallest absolute Gasteiger partial charge is 0.248 e. The predicted octanol–water partition coefficient (Wildman–Crippen LogP) is -1.59. The highest BCUT2D eigenvalue weighted by atomic mass is 16.8. The van der Waals surface area contributed by atoms with Crippen LogP contribution in [0.1, 0.15) is 33.1 Å². The predicted molar refractivity (Wildman–Crippen MR) is 80.3 cm³/mol. The number of ether oxygens (including phenoxy) is 3. The van der Waals surface area contributed by atoms with Crippen LogP contribution >= 0.6 is 0 Å². The van der Waals surface area contributed by atoms with Gasteiger partial charge in [-0.3, -0.25) is 0 Å². The van der Waals surface area contributed by atoms with Gasteiger partial charge in [0.25, 0.3) is 0 Å². The monoisotopic (exact) mass is 332 g/mol. The standard InChI is InChI=1S/C15H28N2O6/c1-4-14(19)6-7(2)21-13-15(14,20)23-12-9(22-13)5-8(16)11(18)10(12)17-3/h7-13,17-20H,4-6,16H2,1-3H3/t7-,8+,9?,10+,11+,12?,13?,14+,15-/m1/s1. The molecular weight excluding hydrogens is 304 g/mol. The lowest BCUT2D eigenvalue weighted by Gasteiger charge is -2.59. The molecule has 2 saturated heterocycles. The third-order valence-corrected chi connectivity index (χ3v) is 5.53. The van der Waals surface area contributed by atoms with Gasteiger partial charge in [0.2, 0.25) is 12.1 Å². The van der Waals surface area contributed by atoms with Crippen molar-refractivity contribution in [3.63, 3.8) is 0 Å². The Morgan fingerprint density at radius 2 is 2.00 bits per heavy atom. The molecule has 0 aromatic rings. The normalized spacial score (nSPS) is 56.7. The number of hydrogen-bond donors (Lipinski definition) is 5. The zero-order valence-electron chi connectivity index (χ0n) is 13.8. The van der Waals surface area contributed by atoms with Crippen molar-refractivity contribution in [1.82, 2.24) is 5.32 Å². The number of nitrogens with one attached hydrogen (secondary N) is 1. The van der Waals surface area contributed by atoms with E-state index in [9.17, 15) is 15.3 Å². The molecule has 0 aromatic carbocycles. The van der Waals surface area contributed by atoms with Gasteiger partial charge in [0.1, 0.15) is 11.7 Å². The average molecular weight is 332 g/mol. The molecule has 3 fully saturated rings. The van der Waals surface area contributed by atoms with Crippen LogP contribution in [0.4, 0.5) is 0 Å². The van der Waals surface area contributed by atoms with E-state index in [1.807, 2.05) is 6.92 Å². The number of fused-ring (bicyclic) bond motifs is 2. The molecule has 2 heterocycles. The summed E-state index contributed by atoms with van der Waals surface area (Å²) in [5.41, 5.74) is 4.50. The van der Waals surface area contributed by atoms with E-state index < -0.39 is 48.1 Å². The maximum atomic E-state index is 11.1. The lowest BCUT2D eigenvalue weighted by Crippen LogP contribution is -2.77. The van der Waals surface area contributed by atoms with Crippen LogP contribution in [0.25, 0.3) is 0 Å². The SMILES string of the molecule is CC[C@]1(O)C[C@@H](C)OC2OC3C[C@H](N)[C@H](O)[C@H](NC)C3O[C@]21O. The van der Waals surface area contributed by atoms with E-state index in [2.05, 4.69) is 5.32 Å². The molecule has 23 heavy (non-hydrogen) atoms. The van der Waals surface area contributed by atoms with Crippen LogP contribution in [0.2, 0.25) is 0 Å². The highest BCUT2D eigenvalue weighted by molar-refractivity contribution is 5.08. The molecule has 0 spiro atoms. The minimum absolute atomic E-state index is 0.240. The number of aliphatic hydroxyl groups is 3. The van der Waals surface area contributed by atoms with Crippen molar-refractivity contribution in [3.8, 4) is 0 Å². The first-order chi connectivity index (χ1) is 10.8. The van der Waals surface area contributed by atoms with Crippen molar-refractivity contribution in [1.29, 1.82) is 0 Å². The third-order valence-electron chi connectivity index (χ3n) is 5.53. The number of rotatable bonds is 2. The quantitative estimate of drug-likeness (QED) is 0.410. The molecule has 3 aliphatic rings. The van der Waals surface area contributed by atoms with Crippen LogP contribution in [0.15, 0.2) is 0 Å². The van der Waals surface area contributed by atoms with Crippen molar-refractivity contribution in [2.24, 2.45) is 5.73 Å². The Bertz CT molecular complexity index is 454. The Morgan fingerprint density at radius 3 is 2.61 bits per heavy atom. The Hall–Kier alpha value is -0.320. The Morgan fingerprint density at radius 1 is 1.30 bits per heavy atom. The maximum Gasteiger partial charge on any atom is 0.248 e. The van der Waals surface area contributed by atoms with Gasteiger partial charge in [-0.05, 0) is 26.8 Å². The Labute approximate surface area is 135 Å². The van der Waals surface area contributed by atoms with Gasteiger partial charge in [0.15, 0.2) is 0 Å². The van der Waals surface area contributed by atoms with Gasteiger partial charge in [-0.15, -0.1) is 0 Å². The van der Waals surface area contributed by atoms with Gasteiger partial charge >= 0.3 is 0 Å². The summed E-state index contributed by atoms with van der Waals surface area (Å²) >= 11 is 0. The van der Waals surface area contributed by atoms with Crippen molar-refractivity contribution >= 4 is 0 Å². The second kappa shape index (κ2) is 5.89. The van der Waals surface area contributed by atoms with E-state index in [4.69, 9.17) is 19.9 Å². The molecule has 9 atom stereocenters. The fourth-order valence-corrected chi connectivity index (χ4v) is 4.10. The first kappa shape index (κ1) is 17.5. The Balaban J connectivity index is 1.93. The molecule has 2 aliphatic heterocycles. The highest BCUT2D eigenvalue weighted by Gasteiger charge is 2.66. The van der Waals surface area contributed by atoms with Crippen LogP contribution in [0.3, 0.4) is 0 Å². The second-order valence-corrected chi connectivity index (χ2v) is 7.03. The van der Waals surface area contributed by atoms with Gasteiger partial charge in [-0.25, -0.2) is 0 Å². The van der Waals surface area contributed by atoms with Crippen molar-refractivity contribution < 1.29 is 29.5 Å². The number of likely N-dealkylation sites (N-methyl/N-ethyl adjacent to an activating group) is 1. The summed E-state index contributed by atoms with van der Waals surface area (Å²) in [6, 6.07) is -0.969. The zero-order valence-corrected chi connectivity index (χ0v) is 13.8. The Kier molecular flexibility index (Phi) is 4.48.